The molecule has 0 fully saturated rings. The summed E-state index contributed by atoms with van der Waals surface area (Å²) >= 11 is 0. The fourth-order valence-corrected chi connectivity index (χ4v) is 1.67. The number of nitrogens with zero attached hydrogens (tertiary/aromatic N) is 1. The molecule has 2 rings (SSSR count). The van der Waals surface area contributed by atoms with E-state index in [4.69, 9.17) is 0 Å². The smallest absolute Gasteiger partial charge is 0.225 e. The summed E-state index contributed by atoms with van der Waals surface area (Å²) in [5, 5.41) is 7.89. The molecule has 17 heavy (non-hydrogen) atoms. The maximum absolute atomic E-state index is 11.6. The van der Waals surface area contributed by atoms with Crippen LogP contribution in [0.5, 0.6) is 0 Å². The number of nitrogens with one attached hydrogen (secondary N) is 2. The van der Waals surface area contributed by atoms with Crippen LogP contribution in [0.15, 0.2) is 36.7 Å². The lowest BCUT2D eigenvalue weighted by atomic mass is 10.1. The van der Waals surface area contributed by atoms with Gasteiger partial charge in [-0.2, -0.15) is 0 Å². The van der Waals surface area contributed by atoms with Gasteiger partial charge in [0, 0.05) is 30.7 Å². The summed E-state index contributed by atoms with van der Waals surface area (Å²) in [6.45, 7) is 0.675. The second-order valence-electron chi connectivity index (χ2n) is 3.80. The van der Waals surface area contributed by atoms with Crippen molar-refractivity contribution in [3.63, 3.8) is 0 Å². The average molecular weight is 229 g/mol. The fourth-order valence-electron chi connectivity index (χ4n) is 1.67. The Morgan fingerprint density at radius 3 is 3.06 bits per heavy atom. The van der Waals surface area contributed by atoms with Crippen LogP contribution in [-0.4, -0.2) is 24.5 Å². The number of carbonyl (C=O) groups excluding carboxylic acids is 1. The van der Waals surface area contributed by atoms with Gasteiger partial charge in [0.05, 0.1) is 5.69 Å². The number of hydrogen-bond acceptors (Lipinski definition) is 3. The number of amides is 1. The Hall–Kier alpha value is -1.94. The molecule has 0 unspecified atom stereocenters. The summed E-state index contributed by atoms with van der Waals surface area (Å²) < 4.78 is 0. The Bertz CT molecular complexity index is 520. The molecule has 0 aliphatic heterocycles. The highest BCUT2D eigenvalue weighted by atomic mass is 16.1. The molecule has 0 saturated heterocycles. The summed E-state index contributed by atoms with van der Waals surface area (Å²) in [5.74, 6) is 0.00991. The lowest BCUT2D eigenvalue weighted by molar-refractivity contribution is -0.116. The first-order chi connectivity index (χ1) is 8.31. The van der Waals surface area contributed by atoms with E-state index >= 15 is 0 Å². The molecule has 1 aromatic carbocycles. The number of carbonyl (C=O) groups is 1. The highest BCUT2D eigenvalue weighted by Crippen LogP contribution is 2.21. The van der Waals surface area contributed by atoms with Gasteiger partial charge in [-0.3, -0.25) is 9.78 Å². The normalized spacial score (nSPS) is 10.4. The van der Waals surface area contributed by atoms with Gasteiger partial charge in [-0.1, -0.05) is 12.1 Å². The number of anilines is 1. The van der Waals surface area contributed by atoms with E-state index in [2.05, 4.69) is 15.6 Å². The zero-order valence-corrected chi connectivity index (χ0v) is 9.73. The summed E-state index contributed by atoms with van der Waals surface area (Å²) in [7, 11) is 1.83. The average Bonchev–Trinajstić information content (AvgIpc) is 2.37. The van der Waals surface area contributed by atoms with Crippen LogP contribution in [0.25, 0.3) is 10.8 Å². The van der Waals surface area contributed by atoms with Gasteiger partial charge in [-0.15, -0.1) is 0 Å². The molecule has 88 valence electrons. The maximum atomic E-state index is 11.6. The first-order valence-electron chi connectivity index (χ1n) is 5.58. The lowest BCUT2D eigenvalue weighted by Crippen LogP contribution is -2.18. The predicted octanol–water partition coefficient (Wildman–Crippen LogP) is 1.78. The van der Waals surface area contributed by atoms with Gasteiger partial charge in [0.1, 0.15) is 0 Å². The molecular formula is C13H15N3O. The number of pyridine rings is 1. The van der Waals surface area contributed by atoms with Crippen LogP contribution in [0.2, 0.25) is 0 Å². The molecule has 1 heterocycles. The third-order valence-corrected chi connectivity index (χ3v) is 2.56. The maximum Gasteiger partial charge on any atom is 0.225 e. The van der Waals surface area contributed by atoms with Crippen LogP contribution in [0.4, 0.5) is 5.69 Å². The molecule has 2 N–H and O–H groups in total. The van der Waals surface area contributed by atoms with Crippen LogP contribution in [0.3, 0.4) is 0 Å². The minimum absolute atomic E-state index is 0.00991. The summed E-state index contributed by atoms with van der Waals surface area (Å²) in [6.07, 6.45) is 3.98. The van der Waals surface area contributed by atoms with E-state index in [9.17, 15) is 4.79 Å². The van der Waals surface area contributed by atoms with E-state index in [1.54, 1.807) is 12.4 Å². The Kier molecular flexibility index (Phi) is 3.67. The fraction of sp³-hybridized carbons (Fsp3) is 0.231. The van der Waals surface area contributed by atoms with Crippen LogP contribution in [-0.2, 0) is 4.79 Å². The largest absolute Gasteiger partial charge is 0.325 e. The van der Waals surface area contributed by atoms with Crippen molar-refractivity contribution in [1.29, 1.82) is 0 Å². The first-order valence-corrected chi connectivity index (χ1v) is 5.58. The molecule has 0 atom stereocenters. The zero-order valence-electron chi connectivity index (χ0n) is 9.73. The second kappa shape index (κ2) is 5.41. The van der Waals surface area contributed by atoms with Crippen LogP contribution in [0.1, 0.15) is 6.42 Å². The van der Waals surface area contributed by atoms with Crippen molar-refractivity contribution in [2.24, 2.45) is 0 Å². The number of aromatic nitrogens is 1. The van der Waals surface area contributed by atoms with Crippen molar-refractivity contribution >= 4 is 22.4 Å². The van der Waals surface area contributed by atoms with Crippen molar-refractivity contribution in [3.8, 4) is 0 Å². The van der Waals surface area contributed by atoms with Crippen LogP contribution in [0, 0.1) is 0 Å². The van der Waals surface area contributed by atoms with Crippen molar-refractivity contribution in [2.45, 2.75) is 6.42 Å². The first kappa shape index (κ1) is 11.5. The van der Waals surface area contributed by atoms with Gasteiger partial charge in [0.2, 0.25) is 5.91 Å². The van der Waals surface area contributed by atoms with Crippen molar-refractivity contribution < 1.29 is 4.79 Å². The predicted molar refractivity (Wildman–Crippen MR) is 68.9 cm³/mol. The molecule has 1 aromatic heterocycles. The van der Waals surface area contributed by atoms with Gasteiger partial charge in [0.15, 0.2) is 0 Å². The quantitative estimate of drug-likeness (QED) is 0.840. The molecule has 0 radical (unpaired) electrons. The van der Waals surface area contributed by atoms with Gasteiger partial charge in [-0.05, 0) is 24.6 Å². The van der Waals surface area contributed by atoms with E-state index < -0.39 is 0 Å². The molecular weight excluding hydrogens is 214 g/mol. The van der Waals surface area contributed by atoms with Crippen molar-refractivity contribution in [3.05, 3.63) is 36.7 Å². The molecule has 0 aliphatic carbocycles. The molecule has 4 nitrogen and oxygen atoms in total. The van der Waals surface area contributed by atoms with Gasteiger partial charge in [-0.25, -0.2) is 0 Å². The second-order valence-corrected chi connectivity index (χ2v) is 3.80. The third-order valence-electron chi connectivity index (χ3n) is 2.56. The highest BCUT2D eigenvalue weighted by Gasteiger charge is 2.04. The molecule has 1 amide bonds. The lowest BCUT2D eigenvalue weighted by Gasteiger charge is -2.08. The van der Waals surface area contributed by atoms with Gasteiger partial charge < -0.3 is 10.6 Å². The third kappa shape index (κ3) is 2.79. The highest BCUT2D eigenvalue weighted by molar-refractivity contribution is 6.01. The Morgan fingerprint density at radius 1 is 1.35 bits per heavy atom. The molecule has 2 aromatic rings. The molecule has 0 spiro atoms. The number of benzene rings is 1. The molecule has 0 bridgehead atoms. The van der Waals surface area contributed by atoms with E-state index in [1.807, 2.05) is 31.3 Å². The van der Waals surface area contributed by atoms with E-state index in [0.29, 0.717) is 13.0 Å². The number of rotatable bonds is 4. The van der Waals surface area contributed by atoms with Crippen molar-refractivity contribution in [1.82, 2.24) is 10.3 Å². The zero-order chi connectivity index (χ0) is 12.1. The Balaban J connectivity index is 2.21. The molecule has 0 aliphatic rings. The van der Waals surface area contributed by atoms with E-state index in [-0.39, 0.29) is 5.91 Å². The van der Waals surface area contributed by atoms with Crippen LogP contribution >= 0.6 is 0 Å². The topological polar surface area (TPSA) is 54.0 Å². The SMILES string of the molecule is CNCCC(=O)Nc1cccc2ccncc12. The Labute approximate surface area is 100 Å². The monoisotopic (exact) mass is 229 g/mol. The molecule has 4 heteroatoms. The minimum atomic E-state index is 0.00991. The number of fused-ring (bicyclic) bond motifs is 1. The standard InChI is InChI=1S/C13H15N3O/c1-14-7-6-13(17)16-12-4-2-3-10-5-8-15-9-11(10)12/h2-5,8-9,14H,6-7H2,1H3,(H,16,17). The van der Waals surface area contributed by atoms with E-state index in [1.165, 1.54) is 0 Å². The van der Waals surface area contributed by atoms with Gasteiger partial charge >= 0.3 is 0 Å². The molecule has 0 saturated carbocycles. The summed E-state index contributed by atoms with van der Waals surface area (Å²) in [4.78, 5) is 15.7. The number of hydrogen-bond donors (Lipinski definition) is 2. The van der Waals surface area contributed by atoms with Crippen molar-refractivity contribution in [2.75, 3.05) is 18.9 Å². The van der Waals surface area contributed by atoms with Gasteiger partial charge in [0.25, 0.3) is 0 Å². The minimum Gasteiger partial charge on any atom is -0.325 e. The van der Waals surface area contributed by atoms with E-state index in [0.717, 1.165) is 16.5 Å². The van der Waals surface area contributed by atoms with Crippen LogP contribution < -0.4 is 10.6 Å². The Morgan fingerprint density at radius 2 is 2.24 bits per heavy atom. The summed E-state index contributed by atoms with van der Waals surface area (Å²) in [5.41, 5.74) is 0.816. The summed E-state index contributed by atoms with van der Waals surface area (Å²) in [6, 6.07) is 7.75.